The minimum Gasteiger partial charge on any atom is -0.341 e. The third-order valence-corrected chi connectivity index (χ3v) is 5.24. The van der Waals surface area contributed by atoms with Crippen molar-refractivity contribution in [1.82, 2.24) is 14.9 Å². The number of fused-ring (bicyclic) bond motifs is 2. The predicted molar refractivity (Wildman–Crippen MR) is 84.3 cm³/mol. The molecule has 0 aromatic carbocycles. The largest absolute Gasteiger partial charge is 0.341 e. The van der Waals surface area contributed by atoms with Crippen LogP contribution in [0.2, 0.25) is 0 Å². The average molecular weight is 298 g/mol. The number of rotatable bonds is 2. The van der Waals surface area contributed by atoms with Crippen LogP contribution < -0.4 is 4.90 Å². The maximum Gasteiger partial charge on any atom is 0.226 e. The van der Waals surface area contributed by atoms with Gasteiger partial charge in [-0.15, -0.1) is 0 Å². The van der Waals surface area contributed by atoms with Crippen LogP contribution in [0.1, 0.15) is 19.3 Å². The summed E-state index contributed by atoms with van der Waals surface area (Å²) in [4.78, 5) is 25.7. The molecule has 1 aliphatic heterocycles. The lowest BCUT2D eigenvalue weighted by atomic mass is 9.92. The molecule has 22 heavy (non-hydrogen) atoms. The molecule has 3 atom stereocenters. The summed E-state index contributed by atoms with van der Waals surface area (Å²) >= 11 is 0. The lowest BCUT2D eigenvalue weighted by Crippen LogP contribution is -2.40. The average Bonchev–Trinajstić information content (AvgIpc) is 3.11. The van der Waals surface area contributed by atoms with E-state index in [2.05, 4.69) is 31.9 Å². The molecule has 1 saturated heterocycles. The standard InChI is InChI=1S/C17H22N4O/c22-16(15-12-13-3-4-14(15)11-13)20-7-2-8-21(10-9-20)17-18-5-1-6-19-17/h1,3-6,13-15H,2,7-12H2/t13-,14+,15-/m1/s1. The number of hydrogen-bond donors (Lipinski definition) is 0. The maximum atomic E-state index is 12.8. The van der Waals surface area contributed by atoms with Crippen LogP contribution in [0, 0.1) is 17.8 Å². The highest BCUT2D eigenvalue weighted by Gasteiger charge is 2.41. The molecule has 2 heterocycles. The third-order valence-electron chi connectivity index (χ3n) is 5.24. The predicted octanol–water partition coefficient (Wildman–Crippen LogP) is 1.73. The number of aromatic nitrogens is 2. The van der Waals surface area contributed by atoms with Gasteiger partial charge in [-0.25, -0.2) is 9.97 Å². The van der Waals surface area contributed by atoms with Crippen LogP contribution in [0.5, 0.6) is 0 Å². The topological polar surface area (TPSA) is 49.3 Å². The fourth-order valence-corrected chi connectivity index (χ4v) is 4.09. The molecule has 1 aromatic rings. The first kappa shape index (κ1) is 13.7. The van der Waals surface area contributed by atoms with Crippen molar-refractivity contribution >= 4 is 11.9 Å². The van der Waals surface area contributed by atoms with E-state index in [0.29, 0.717) is 17.7 Å². The van der Waals surface area contributed by atoms with Crippen LogP contribution >= 0.6 is 0 Å². The first-order valence-corrected chi connectivity index (χ1v) is 8.30. The summed E-state index contributed by atoms with van der Waals surface area (Å²) in [6.07, 6.45) is 11.3. The van der Waals surface area contributed by atoms with Gasteiger partial charge in [0.1, 0.15) is 0 Å². The lowest BCUT2D eigenvalue weighted by molar-refractivity contribution is -0.136. The minimum absolute atomic E-state index is 0.231. The van der Waals surface area contributed by atoms with Gasteiger partial charge >= 0.3 is 0 Å². The van der Waals surface area contributed by atoms with E-state index in [4.69, 9.17) is 0 Å². The zero-order valence-electron chi connectivity index (χ0n) is 12.8. The number of nitrogens with zero attached hydrogens (tertiary/aromatic N) is 4. The second kappa shape index (κ2) is 5.71. The molecule has 2 fully saturated rings. The SMILES string of the molecule is O=C([C@@H]1C[C@@H]2C=C[C@H]1C2)N1CCCN(c2ncccn2)CC1. The first-order chi connectivity index (χ1) is 10.8. The fraction of sp³-hybridized carbons (Fsp3) is 0.588. The van der Waals surface area contributed by atoms with Crippen LogP contribution in [0.15, 0.2) is 30.6 Å². The van der Waals surface area contributed by atoms with Crippen molar-refractivity contribution in [3.8, 4) is 0 Å². The minimum atomic E-state index is 0.231. The normalized spacial score (nSPS) is 30.6. The van der Waals surface area contributed by atoms with E-state index >= 15 is 0 Å². The van der Waals surface area contributed by atoms with Crippen molar-refractivity contribution in [2.45, 2.75) is 19.3 Å². The Morgan fingerprint density at radius 3 is 2.64 bits per heavy atom. The highest BCUT2D eigenvalue weighted by molar-refractivity contribution is 5.80. The number of amides is 1. The van der Waals surface area contributed by atoms with E-state index in [1.165, 1.54) is 6.42 Å². The van der Waals surface area contributed by atoms with Gasteiger partial charge < -0.3 is 9.80 Å². The Labute approximate surface area is 131 Å². The molecule has 1 amide bonds. The van der Waals surface area contributed by atoms with Gasteiger partial charge in [0, 0.05) is 44.5 Å². The van der Waals surface area contributed by atoms with E-state index in [9.17, 15) is 4.79 Å². The van der Waals surface area contributed by atoms with Gasteiger partial charge in [0.05, 0.1) is 0 Å². The fourth-order valence-electron chi connectivity index (χ4n) is 4.09. The Bertz CT molecular complexity index is 573. The van der Waals surface area contributed by atoms with Gasteiger partial charge in [0.25, 0.3) is 0 Å². The van der Waals surface area contributed by atoms with Crippen molar-refractivity contribution in [2.75, 3.05) is 31.1 Å². The van der Waals surface area contributed by atoms with Crippen LogP contribution in [0.4, 0.5) is 5.95 Å². The van der Waals surface area contributed by atoms with Crippen LogP contribution in [0.25, 0.3) is 0 Å². The van der Waals surface area contributed by atoms with Crippen LogP contribution in [0.3, 0.4) is 0 Å². The van der Waals surface area contributed by atoms with Gasteiger partial charge in [-0.2, -0.15) is 0 Å². The molecule has 5 heteroatoms. The van der Waals surface area contributed by atoms with Gasteiger partial charge in [0.15, 0.2) is 0 Å². The van der Waals surface area contributed by atoms with E-state index < -0.39 is 0 Å². The second-order valence-corrected chi connectivity index (χ2v) is 6.60. The summed E-state index contributed by atoms with van der Waals surface area (Å²) in [7, 11) is 0. The van der Waals surface area contributed by atoms with Crippen molar-refractivity contribution in [3.05, 3.63) is 30.6 Å². The summed E-state index contributed by atoms with van der Waals surface area (Å²) in [5, 5.41) is 0. The van der Waals surface area contributed by atoms with Crippen molar-refractivity contribution in [2.24, 2.45) is 17.8 Å². The molecule has 0 N–H and O–H groups in total. The second-order valence-electron chi connectivity index (χ2n) is 6.60. The lowest BCUT2D eigenvalue weighted by Gasteiger charge is -2.27. The zero-order valence-corrected chi connectivity index (χ0v) is 12.8. The van der Waals surface area contributed by atoms with E-state index in [1.807, 2.05) is 6.07 Å². The van der Waals surface area contributed by atoms with E-state index in [0.717, 1.165) is 45.0 Å². The Hall–Kier alpha value is -1.91. The summed E-state index contributed by atoms with van der Waals surface area (Å²) < 4.78 is 0. The Kier molecular flexibility index (Phi) is 3.56. The zero-order chi connectivity index (χ0) is 14.9. The van der Waals surface area contributed by atoms with Gasteiger partial charge in [-0.1, -0.05) is 12.2 Å². The molecule has 5 nitrogen and oxygen atoms in total. The van der Waals surface area contributed by atoms with Gasteiger partial charge in [-0.05, 0) is 37.2 Å². The van der Waals surface area contributed by atoms with Crippen molar-refractivity contribution < 1.29 is 4.79 Å². The number of hydrogen-bond acceptors (Lipinski definition) is 4. The number of carbonyl (C=O) groups excluding carboxylic acids is 1. The Balaban J connectivity index is 1.40. The summed E-state index contributed by atoms with van der Waals surface area (Å²) in [6.45, 7) is 3.39. The van der Waals surface area contributed by atoms with E-state index in [1.54, 1.807) is 12.4 Å². The molecule has 4 rings (SSSR count). The Morgan fingerprint density at radius 2 is 1.91 bits per heavy atom. The first-order valence-electron chi connectivity index (χ1n) is 8.30. The quantitative estimate of drug-likeness (QED) is 0.780. The Morgan fingerprint density at radius 1 is 1.05 bits per heavy atom. The molecule has 1 saturated carbocycles. The van der Waals surface area contributed by atoms with Gasteiger partial charge in [-0.3, -0.25) is 4.79 Å². The highest BCUT2D eigenvalue weighted by Crippen LogP contribution is 2.44. The molecule has 3 aliphatic rings. The molecule has 2 bridgehead atoms. The molecule has 0 unspecified atom stereocenters. The number of allylic oxidation sites excluding steroid dienone is 2. The molecule has 2 aliphatic carbocycles. The summed E-state index contributed by atoms with van der Waals surface area (Å²) in [6, 6.07) is 1.83. The van der Waals surface area contributed by atoms with Crippen LogP contribution in [-0.4, -0.2) is 47.0 Å². The maximum absolute atomic E-state index is 12.8. The number of carbonyl (C=O) groups is 1. The van der Waals surface area contributed by atoms with Crippen LogP contribution in [-0.2, 0) is 4.79 Å². The molecule has 1 aromatic heterocycles. The van der Waals surface area contributed by atoms with Gasteiger partial charge in [0.2, 0.25) is 11.9 Å². The smallest absolute Gasteiger partial charge is 0.226 e. The summed E-state index contributed by atoms with van der Waals surface area (Å²) in [5.41, 5.74) is 0. The van der Waals surface area contributed by atoms with Crippen molar-refractivity contribution in [3.63, 3.8) is 0 Å². The van der Waals surface area contributed by atoms with Crippen molar-refractivity contribution in [1.29, 1.82) is 0 Å². The molecule has 0 radical (unpaired) electrons. The molecular weight excluding hydrogens is 276 g/mol. The number of anilines is 1. The highest BCUT2D eigenvalue weighted by atomic mass is 16.2. The summed E-state index contributed by atoms with van der Waals surface area (Å²) in [5.74, 6) is 2.52. The molecular formula is C17H22N4O. The monoisotopic (exact) mass is 298 g/mol. The molecule has 116 valence electrons. The third kappa shape index (κ3) is 2.49. The molecule has 0 spiro atoms. The van der Waals surface area contributed by atoms with E-state index in [-0.39, 0.29) is 5.92 Å².